The minimum atomic E-state index is -0.590. The highest BCUT2D eigenvalue weighted by Crippen LogP contribution is 2.20. The second-order valence-corrected chi connectivity index (χ2v) is 9.26. The molecule has 0 bridgehead atoms. The molecule has 7 nitrogen and oxygen atoms in total. The molecule has 2 saturated heterocycles. The molecule has 33 heavy (non-hydrogen) atoms. The lowest BCUT2D eigenvalue weighted by molar-refractivity contribution is -0.147. The third-order valence-electron chi connectivity index (χ3n) is 6.59. The zero-order valence-electron chi connectivity index (χ0n) is 19.5. The van der Waals surface area contributed by atoms with E-state index in [4.69, 9.17) is 4.74 Å². The molecule has 7 heteroatoms. The Balaban J connectivity index is 1.35. The number of carbonyl (C=O) groups excluding carboxylic acids is 3. The molecule has 0 spiro atoms. The highest BCUT2D eigenvalue weighted by Gasteiger charge is 2.34. The molecule has 2 aliphatic rings. The predicted molar refractivity (Wildman–Crippen MR) is 127 cm³/mol. The van der Waals surface area contributed by atoms with Crippen LogP contribution in [0.25, 0.3) is 10.8 Å². The van der Waals surface area contributed by atoms with E-state index in [0.717, 1.165) is 29.2 Å². The van der Waals surface area contributed by atoms with E-state index >= 15 is 0 Å². The van der Waals surface area contributed by atoms with Crippen molar-refractivity contribution in [3.8, 4) is 0 Å². The van der Waals surface area contributed by atoms with Crippen LogP contribution < -0.4 is 5.32 Å². The Labute approximate surface area is 195 Å². The van der Waals surface area contributed by atoms with E-state index in [1.165, 1.54) is 0 Å². The number of hydrogen-bond acceptors (Lipinski definition) is 4. The normalized spacial score (nSPS) is 19.7. The molecule has 0 aliphatic carbocycles. The first-order valence-corrected chi connectivity index (χ1v) is 11.9. The van der Waals surface area contributed by atoms with Gasteiger partial charge in [-0.15, -0.1) is 0 Å². The number of fused-ring (bicyclic) bond motifs is 1. The summed E-state index contributed by atoms with van der Waals surface area (Å²) in [5.41, 5.74) is 0.946. The molecule has 2 atom stereocenters. The third-order valence-corrected chi connectivity index (χ3v) is 6.59. The van der Waals surface area contributed by atoms with Crippen molar-refractivity contribution in [1.29, 1.82) is 0 Å². The summed E-state index contributed by atoms with van der Waals surface area (Å²) in [6, 6.07) is 13.3. The van der Waals surface area contributed by atoms with Gasteiger partial charge in [0.15, 0.2) is 0 Å². The van der Waals surface area contributed by atoms with Crippen LogP contribution in [0.1, 0.15) is 32.3 Å². The maximum Gasteiger partial charge on any atom is 0.251 e. The second-order valence-electron chi connectivity index (χ2n) is 9.26. The van der Waals surface area contributed by atoms with Gasteiger partial charge in [0.05, 0.1) is 6.42 Å². The van der Waals surface area contributed by atoms with Crippen LogP contribution in [0.4, 0.5) is 0 Å². The summed E-state index contributed by atoms with van der Waals surface area (Å²) in [4.78, 5) is 42.3. The molecule has 1 N–H and O–H groups in total. The van der Waals surface area contributed by atoms with E-state index in [1.54, 1.807) is 9.80 Å². The summed E-state index contributed by atoms with van der Waals surface area (Å²) in [5.74, 6) is -0.255. The molecule has 0 unspecified atom stereocenters. The van der Waals surface area contributed by atoms with E-state index < -0.39 is 6.04 Å². The van der Waals surface area contributed by atoms with E-state index in [9.17, 15) is 14.4 Å². The smallest absolute Gasteiger partial charge is 0.251 e. The van der Waals surface area contributed by atoms with Gasteiger partial charge < -0.3 is 19.9 Å². The largest absolute Gasteiger partial charge is 0.368 e. The van der Waals surface area contributed by atoms with Crippen molar-refractivity contribution in [3.05, 3.63) is 48.0 Å². The van der Waals surface area contributed by atoms with Gasteiger partial charge in [-0.25, -0.2) is 0 Å². The van der Waals surface area contributed by atoms with Crippen LogP contribution in [-0.4, -0.2) is 72.5 Å². The molecule has 2 heterocycles. The van der Waals surface area contributed by atoms with E-state index in [2.05, 4.69) is 5.32 Å². The van der Waals surface area contributed by atoms with Crippen LogP contribution in [0.2, 0.25) is 0 Å². The zero-order valence-corrected chi connectivity index (χ0v) is 19.5. The molecule has 0 radical (unpaired) electrons. The molecule has 2 aromatic rings. The standard InChI is InChI=1S/C26H33N3O4/c1-18(2)24(27-23(30)17-20-9-5-8-19-7-3-4-10-21(19)20)26(32)29-14-12-28(13-15-29)25(31)22-11-6-16-33-22/h3-5,7-10,18,22,24H,6,11-17H2,1-2H3,(H,27,30)/t22-,24+/m1/s1. The predicted octanol–water partition coefficient (Wildman–Crippen LogP) is 2.37. The van der Waals surface area contributed by atoms with Gasteiger partial charge in [0.2, 0.25) is 11.8 Å². The second kappa shape index (κ2) is 10.3. The molecular formula is C26H33N3O4. The van der Waals surface area contributed by atoms with Crippen LogP contribution in [0, 0.1) is 5.92 Å². The molecule has 2 fully saturated rings. The first-order valence-electron chi connectivity index (χ1n) is 11.9. The average Bonchev–Trinajstić information content (AvgIpc) is 3.37. The Bertz CT molecular complexity index is 1000. The van der Waals surface area contributed by atoms with Crippen LogP contribution in [0.3, 0.4) is 0 Å². The Morgan fingerprint density at radius 1 is 1.00 bits per heavy atom. The van der Waals surface area contributed by atoms with Gasteiger partial charge in [-0.1, -0.05) is 56.3 Å². The SMILES string of the molecule is CC(C)[C@H](NC(=O)Cc1cccc2ccccc12)C(=O)N1CCN(C(=O)[C@H]2CCCO2)CC1. The Hall–Kier alpha value is -2.93. The maximum atomic E-state index is 13.3. The first kappa shape index (κ1) is 23.2. The Morgan fingerprint density at radius 2 is 1.70 bits per heavy atom. The molecule has 2 aliphatic heterocycles. The van der Waals surface area contributed by atoms with Gasteiger partial charge in [-0.3, -0.25) is 14.4 Å². The molecular weight excluding hydrogens is 418 g/mol. The fourth-order valence-corrected chi connectivity index (χ4v) is 4.68. The van der Waals surface area contributed by atoms with Gasteiger partial charge in [0.1, 0.15) is 12.1 Å². The highest BCUT2D eigenvalue weighted by atomic mass is 16.5. The lowest BCUT2D eigenvalue weighted by Crippen LogP contribution is -2.58. The Morgan fingerprint density at radius 3 is 2.39 bits per heavy atom. The topological polar surface area (TPSA) is 79.0 Å². The fourth-order valence-electron chi connectivity index (χ4n) is 4.68. The Kier molecular flexibility index (Phi) is 7.28. The quantitative estimate of drug-likeness (QED) is 0.732. The van der Waals surface area contributed by atoms with Gasteiger partial charge in [-0.05, 0) is 35.1 Å². The first-order chi connectivity index (χ1) is 15.9. The summed E-state index contributed by atoms with van der Waals surface area (Å²) >= 11 is 0. The van der Waals surface area contributed by atoms with Crippen molar-refractivity contribution < 1.29 is 19.1 Å². The summed E-state index contributed by atoms with van der Waals surface area (Å²) in [7, 11) is 0. The van der Waals surface area contributed by atoms with Crippen molar-refractivity contribution in [1.82, 2.24) is 15.1 Å². The van der Waals surface area contributed by atoms with Crippen LogP contribution in [0.15, 0.2) is 42.5 Å². The van der Waals surface area contributed by atoms with Crippen LogP contribution in [0.5, 0.6) is 0 Å². The lowest BCUT2D eigenvalue weighted by Gasteiger charge is -2.38. The minimum Gasteiger partial charge on any atom is -0.368 e. The number of rotatable bonds is 6. The van der Waals surface area contributed by atoms with Crippen molar-refractivity contribution in [2.45, 2.75) is 45.3 Å². The molecule has 0 aromatic heterocycles. The third kappa shape index (κ3) is 5.36. The van der Waals surface area contributed by atoms with Gasteiger partial charge in [0.25, 0.3) is 5.91 Å². The van der Waals surface area contributed by atoms with Crippen molar-refractivity contribution >= 4 is 28.5 Å². The number of piperazine rings is 1. The number of nitrogens with zero attached hydrogens (tertiary/aromatic N) is 2. The number of benzene rings is 2. The van der Waals surface area contributed by atoms with E-state index in [0.29, 0.717) is 32.8 Å². The molecule has 0 saturated carbocycles. The number of amides is 3. The highest BCUT2D eigenvalue weighted by molar-refractivity contribution is 5.92. The lowest BCUT2D eigenvalue weighted by atomic mass is 9.99. The summed E-state index contributed by atoms with van der Waals surface area (Å²) in [6.45, 7) is 6.47. The molecule has 176 valence electrons. The monoisotopic (exact) mass is 451 g/mol. The van der Waals surface area contributed by atoms with Crippen LogP contribution in [-0.2, 0) is 25.5 Å². The molecule has 4 rings (SSSR count). The van der Waals surface area contributed by atoms with Crippen molar-refractivity contribution in [2.24, 2.45) is 5.92 Å². The van der Waals surface area contributed by atoms with Gasteiger partial charge >= 0.3 is 0 Å². The average molecular weight is 452 g/mol. The number of nitrogens with one attached hydrogen (secondary N) is 1. The minimum absolute atomic E-state index is 0.0309. The summed E-state index contributed by atoms with van der Waals surface area (Å²) in [5, 5.41) is 5.12. The number of ether oxygens (including phenoxy) is 1. The van der Waals surface area contributed by atoms with Crippen LogP contribution >= 0.6 is 0 Å². The number of hydrogen-bond donors (Lipinski definition) is 1. The summed E-state index contributed by atoms with van der Waals surface area (Å²) in [6.07, 6.45) is 1.59. The molecule has 3 amide bonds. The fraction of sp³-hybridized carbons (Fsp3) is 0.500. The molecule has 2 aromatic carbocycles. The van der Waals surface area contributed by atoms with E-state index in [1.807, 2.05) is 56.3 Å². The van der Waals surface area contributed by atoms with E-state index in [-0.39, 0.29) is 36.2 Å². The van der Waals surface area contributed by atoms with Crippen molar-refractivity contribution in [3.63, 3.8) is 0 Å². The van der Waals surface area contributed by atoms with Crippen molar-refractivity contribution in [2.75, 3.05) is 32.8 Å². The maximum absolute atomic E-state index is 13.3. The van der Waals surface area contributed by atoms with Gasteiger partial charge in [-0.2, -0.15) is 0 Å². The summed E-state index contributed by atoms with van der Waals surface area (Å²) < 4.78 is 5.51. The zero-order chi connectivity index (χ0) is 23.4. The van der Waals surface area contributed by atoms with Gasteiger partial charge in [0, 0.05) is 32.8 Å². The number of carbonyl (C=O) groups is 3.